The van der Waals surface area contributed by atoms with Gasteiger partial charge in [0.15, 0.2) is 0 Å². The van der Waals surface area contributed by atoms with E-state index in [-0.39, 0.29) is 24.5 Å². The number of phenolic OH excluding ortho intramolecular Hbond substituents is 1. The molecule has 0 saturated carbocycles. The van der Waals surface area contributed by atoms with Gasteiger partial charge >= 0.3 is 5.97 Å². The Morgan fingerprint density at radius 1 is 1.27 bits per heavy atom. The molecule has 0 aliphatic carbocycles. The van der Waals surface area contributed by atoms with Gasteiger partial charge in [0.2, 0.25) is 5.60 Å². The van der Waals surface area contributed by atoms with E-state index in [2.05, 4.69) is 0 Å². The van der Waals surface area contributed by atoms with E-state index >= 15 is 0 Å². The van der Waals surface area contributed by atoms with Crippen LogP contribution in [0.15, 0.2) is 29.1 Å². The lowest BCUT2D eigenvalue weighted by Crippen LogP contribution is -2.37. The zero-order chi connectivity index (χ0) is 20.8. The van der Waals surface area contributed by atoms with E-state index < -0.39 is 11.6 Å². The Morgan fingerprint density at radius 3 is 2.80 bits per heavy atom. The Hall–Kier alpha value is -3.23. The van der Waals surface area contributed by atoms with E-state index in [9.17, 15) is 14.7 Å². The molecule has 1 saturated heterocycles. The van der Waals surface area contributed by atoms with E-state index in [1.54, 1.807) is 16.7 Å². The van der Waals surface area contributed by atoms with Crippen molar-refractivity contribution in [3.63, 3.8) is 0 Å². The Bertz CT molecular complexity index is 1340. The molecule has 0 bridgehead atoms. The van der Waals surface area contributed by atoms with Gasteiger partial charge in [0, 0.05) is 28.6 Å². The molecule has 152 valence electrons. The van der Waals surface area contributed by atoms with Crippen molar-refractivity contribution >= 4 is 16.9 Å². The largest absolute Gasteiger partial charge is 0.508 e. The van der Waals surface area contributed by atoms with Crippen LogP contribution in [0.25, 0.3) is 22.3 Å². The number of cyclic esters (lactones) is 1. The second-order valence-corrected chi connectivity index (χ2v) is 8.37. The van der Waals surface area contributed by atoms with Crippen LogP contribution in [0.4, 0.5) is 0 Å². The molecule has 2 aromatic heterocycles. The fraction of sp³-hybridized carbons (Fsp3) is 0.318. The predicted octanol–water partition coefficient (Wildman–Crippen LogP) is 1.47. The number of carbonyl (C=O) groups is 1. The van der Waals surface area contributed by atoms with Crippen LogP contribution in [0, 0.1) is 0 Å². The number of ether oxygens (including phenoxy) is 2. The van der Waals surface area contributed by atoms with E-state index in [1.807, 2.05) is 31.1 Å². The van der Waals surface area contributed by atoms with Crippen molar-refractivity contribution < 1.29 is 19.4 Å². The maximum absolute atomic E-state index is 13.2. The first-order chi connectivity index (χ1) is 14.4. The first kappa shape index (κ1) is 17.6. The normalized spacial score (nSPS) is 21.0. The van der Waals surface area contributed by atoms with Crippen LogP contribution in [-0.4, -0.2) is 46.2 Å². The van der Waals surface area contributed by atoms with Gasteiger partial charge in [-0.15, -0.1) is 0 Å². The monoisotopic (exact) mass is 405 g/mol. The van der Waals surface area contributed by atoms with Gasteiger partial charge in [-0.2, -0.15) is 0 Å². The summed E-state index contributed by atoms with van der Waals surface area (Å²) in [5.74, 6) is -0.211. The minimum Gasteiger partial charge on any atom is -0.508 e. The summed E-state index contributed by atoms with van der Waals surface area (Å²) in [5.41, 5.74) is 3.63. The third kappa shape index (κ3) is 2.20. The highest BCUT2D eigenvalue weighted by Gasteiger charge is 2.59. The minimum absolute atomic E-state index is 0.0367. The summed E-state index contributed by atoms with van der Waals surface area (Å²) in [6.07, 6.45) is 0. The first-order valence-electron chi connectivity index (χ1n) is 9.77. The number of aromatic nitrogens is 2. The number of nitrogens with zero attached hydrogens (tertiary/aromatic N) is 3. The lowest BCUT2D eigenvalue weighted by atomic mass is 9.93. The Morgan fingerprint density at radius 2 is 2.07 bits per heavy atom. The van der Waals surface area contributed by atoms with Crippen molar-refractivity contribution in [1.29, 1.82) is 0 Å². The number of benzene rings is 1. The first-order valence-corrected chi connectivity index (χ1v) is 9.77. The van der Waals surface area contributed by atoms with Crippen molar-refractivity contribution in [2.45, 2.75) is 25.3 Å². The molecule has 1 N–H and O–H groups in total. The number of carbonyl (C=O) groups excluding carboxylic acids is 1. The van der Waals surface area contributed by atoms with Gasteiger partial charge in [-0.05, 0) is 38.4 Å². The van der Waals surface area contributed by atoms with Crippen LogP contribution in [0.3, 0.4) is 0 Å². The highest BCUT2D eigenvalue weighted by Crippen LogP contribution is 2.46. The number of rotatable bonds is 2. The summed E-state index contributed by atoms with van der Waals surface area (Å²) in [6.45, 7) is 1.15. The fourth-order valence-corrected chi connectivity index (χ4v) is 4.58. The molecule has 0 radical (unpaired) electrons. The summed E-state index contributed by atoms with van der Waals surface area (Å²) in [5, 5.41) is 11.3. The van der Waals surface area contributed by atoms with Crippen LogP contribution in [0.5, 0.6) is 5.75 Å². The zero-order valence-electron chi connectivity index (χ0n) is 16.6. The molecule has 8 heteroatoms. The molecule has 0 amide bonds. The second kappa shape index (κ2) is 5.68. The molecule has 3 aromatic rings. The molecule has 5 heterocycles. The minimum atomic E-state index is -1.13. The molecule has 6 rings (SSSR count). The number of phenols is 1. The van der Waals surface area contributed by atoms with Gasteiger partial charge in [-0.3, -0.25) is 4.79 Å². The molecule has 1 fully saturated rings. The van der Waals surface area contributed by atoms with Crippen molar-refractivity contribution in [3.05, 3.63) is 56.9 Å². The molecule has 3 aliphatic heterocycles. The maximum atomic E-state index is 13.2. The summed E-state index contributed by atoms with van der Waals surface area (Å²) < 4.78 is 12.3. The molecule has 1 spiro atoms. The molecule has 0 unspecified atom stereocenters. The van der Waals surface area contributed by atoms with Gasteiger partial charge < -0.3 is 24.0 Å². The lowest BCUT2D eigenvalue weighted by molar-refractivity contribution is -0.153. The van der Waals surface area contributed by atoms with E-state index in [1.165, 1.54) is 0 Å². The van der Waals surface area contributed by atoms with Crippen molar-refractivity contribution in [1.82, 2.24) is 14.5 Å². The van der Waals surface area contributed by atoms with E-state index in [0.717, 1.165) is 27.7 Å². The molecular formula is C22H19N3O5. The number of epoxide rings is 1. The molecule has 8 nitrogen and oxygen atoms in total. The number of aromatic hydroxyl groups is 1. The topological polar surface area (TPSA) is 97.2 Å². The van der Waals surface area contributed by atoms with Crippen LogP contribution in [0.2, 0.25) is 0 Å². The van der Waals surface area contributed by atoms with Crippen molar-refractivity contribution in [3.8, 4) is 17.1 Å². The highest BCUT2D eigenvalue weighted by atomic mass is 16.6. The Balaban J connectivity index is 1.58. The molecule has 30 heavy (non-hydrogen) atoms. The summed E-state index contributed by atoms with van der Waals surface area (Å²) in [6, 6.07) is 7.30. The van der Waals surface area contributed by atoms with Gasteiger partial charge in [-0.25, -0.2) is 9.78 Å². The number of esters is 1. The number of pyridine rings is 2. The fourth-order valence-electron chi connectivity index (χ4n) is 4.58. The van der Waals surface area contributed by atoms with Crippen molar-refractivity contribution in [2.24, 2.45) is 0 Å². The van der Waals surface area contributed by atoms with Crippen LogP contribution >= 0.6 is 0 Å². The van der Waals surface area contributed by atoms with E-state index in [4.69, 9.17) is 14.5 Å². The average Bonchev–Trinajstić information content (AvgIpc) is 3.43. The van der Waals surface area contributed by atoms with Gasteiger partial charge in [0.25, 0.3) is 5.56 Å². The van der Waals surface area contributed by atoms with Gasteiger partial charge in [0.1, 0.15) is 12.4 Å². The number of fused-ring (bicyclic) bond motifs is 6. The van der Waals surface area contributed by atoms with Crippen LogP contribution < -0.4 is 5.56 Å². The van der Waals surface area contributed by atoms with E-state index in [0.29, 0.717) is 29.9 Å². The zero-order valence-corrected chi connectivity index (χ0v) is 16.6. The predicted molar refractivity (Wildman–Crippen MR) is 107 cm³/mol. The average molecular weight is 405 g/mol. The third-order valence-electron chi connectivity index (χ3n) is 6.16. The summed E-state index contributed by atoms with van der Waals surface area (Å²) in [4.78, 5) is 32.3. The lowest BCUT2D eigenvalue weighted by Gasteiger charge is -2.22. The number of hydrogen-bond acceptors (Lipinski definition) is 7. The maximum Gasteiger partial charge on any atom is 0.345 e. The second-order valence-electron chi connectivity index (χ2n) is 8.37. The van der Waals surface area contributed by atoms with Gasteiger partial charge in [0.05, 0.1) is 35.6 Å². The standard InChI is InChI=1S/C22H19N3O5/c1-24(2)8-13-12-5-11-7-25-17(19(11)23-16(12)3-4-18(13)26)6-15-14(20(25)27)9-29-21(28)22(15)10-30-22/h3-6,26H,7-10H2,1-2H3/t22-/m0/s1. The summed E-state index contributed by atoms with van der Waals surface area (Å²) in [7, 11) is 3.89. The van der Waals surface area contributed by atoms with Gasteiger partial charge in [-0.1, -0.05) is 0 Å². The van der Waals surface area contributed by atoms with Crippen LogP contribution in [-0.2, 0) is 39.6 Å². The molecule has 1 atom stereocenters. The Labute approximate surface area is 171 Å². The highest BCUT2D eigenvalue weighted by molar-refractivity contribution is 5.90. The quantitative estimate of drug-likeness (QED) is 0.398. The summed E-state index contributed by atoms with van der Waals surface area (Å²) >= 11 is 0. The molecular weight excluding hydrogens is 386 g/mol. The van der Waals surface area contributed by atoms with Crippen LogP contribution in [0.1, 0.15) is 22.3 Å². The number of hydrogen-bond donors (Lipinski definition) is 1. The molecule has 3 aliphatic rings. The SMILES string of the molecule is CN(C)Cc1c(O)ccc2nc3c(cc12)Cn1c-3cc2c(c1=O)COC(=O)[C@]21CO1. The third-order valence-corrected chi connectivity index (χ3v) is 6.16. The smallest absolute Gasteiger partial charge is 0.345 e. The molecule has 1 aromatic carbocycles. The van der Waals surface area contributed by atoms with Crippen molar-refractivity contribution in [2.75, 3.05) is 20.7 Å². The Kier molecular flexibility index (Phi) is 3.33.